The number of rotatable bonds is 2. The van der Waals surface area contributed by atoms with E-state index in [9.17, 15) is 8.78 Å². The molecule has 0 aliphatic heterocycles. The molecule has 1 atom stereocenters. The molecular weight excluding hydrogens is 268 g/mol. The molecule has 0 aromatic heterocycles. The fraction of sp³-hybridized carbons (Fsp3) is 0.333. The van der Waals surface area contributed by atoms with Gasteiger partial charge in [-0.3, -0.25) is 0 Å². The van der Waals surface area contributed by atoms with Gasteiger partial charge in [0.1, 0.15) is 11.6 Å². The summed E-state index contributed by atoms with van der Waals surface area (Å²) in [4.78, 5) is 0. The van der Waals surface area contributed by atoms with Gasteiger partial charge in [0.2, 0.25) is 0 Å². The van der Waals surface area contributed by atoms with Gasteiger partial charge in [-0.1, -0.05) is 45.0 Å². The van der Waals surface area contributed by atoms with Gasteiger partial charge in [0.05, 0.1) is 6.04 Å². The number of hydrogen-bond acceptors (Lipinski definition) is 1. The average Bonchev–Trinajstić information content (AvgIpc) is 2.41. The summed E-state index contributed by atoms with van der Waals surface area (Å²) in [5.41, 5.74) is 8.45. The van der Waals surface area contributed by atoms with E-state index in [1.807, 2.05) is 24.3 Å². The fourth-order valence-electron chi connectivity index (χ4n) is 2.52. The lowest BCUT2D eigenvalue weighted by Crippen LogP contribution is -2.21. The number of halogens is 2. The van der Waals surface area contributed by atoms with E-state index in [0.717, 1.165) is 11.1 Å². The molecule has 21 heavy (non-hydrogen) atoms. The molecule has 0 bridgehead atoms. The summed E-state index contributed by atoms with van der Waals surface area (Å²) >= 11 is 0. The Kier molecular flexibility index (Phi) is 4.15. The SMILES string of the molecule is Cc1cc(F)c(C(N)c2ccccc2C(C)(C)C)cc1F. The van der Waals surface area contributed by atoms with E-state index >= 15 is 0 Å². The molecule has 0 saturated carbocycles. The molecule has 0 radical (unpaired) electrons. The summed E-state index contributed by atoms with van der Waals surface area (Å²) < 4.78 is 27.9. The molecule has 2 aromatic rings. The van der Waals surface area contributed by atoms with Gasteiger partial charge in [-0.25, -0.2) is 8.78 Å². The second-order valence-corrected chi connectivity index (χ2v) is 6.44. The second-order valence-electron chi connectivity index (χ2n) is 6.44. The Hall–Kier alpha value is -1.74. The maximum Gasteiger partial charge on any atom is 0.128 e. The van der Waals surface area contributed by atoms with E-state index in [1.165, 1.54) is 19.1 Å². The quantitative estimate of drug-likeness (QED) is 0.857. The number of hydrogen-bond donors (Lipinski definition) is 1. The summed E-state index contributed by atoms with van der Waals surface area (Å²) in [5, 5.41) is 0. The minimum atomic E-state index is -0.685. The van der Waals surface area contributed by atoms with Crippen molar-refractivity contribution in [2.24, 2.45) is 5.73 Å². The zero-order valence-electron chi connectivity index (χ0n) is 12.9. The summed E-state index contributed by atoms with van der Waals surface area (Å²) in [5.74, 6) is -0.903. The van der Waals surface area contributed by atoms with Crippen LogP contribution in [0.2, 0.25) is 0 Å². The highest BCUT2D eigenvalue weighted by Crippen LogP contribution is 2.32. The van der Waals surface area contributed by atoms with Crippen molar-refractivity contribution >= 4 is 0 Å². The molecule has 0 spiro atoms. The van der Waals surface area contributed by atoms with Crippen molar-refractivity contribution in [1.82, 2.24) is 0 Å². The van der Waals surface area contributed by atoms with Crippen LogP contribution in [-0.4, -0.2) is 0 Å². The van der Waals surface area contributed by atoms with Crippen LogP contribution in [0, 0.1) is 18.6 Å². The first kappa shape index (κ1) is 15.6. The van der Waals surface area contributed by atoms with Gasteiger partial charge >= 0.3 is 0 Å². The van der Waals surface area contributed by atoms with Gasteiger partial charge in [0.15, 0.2) is 0 Å². The Morgan fingerprint density at radius 2 is 1.57 bits per heavy atom. The zero-order valence-corrected chi connectivity index (χ0v) is 12.9. The maximum atomic E-state index is 14.1. The van der Waals surface area contributed by atoms with E-state index in [1.54, 1.807) is 0 Å². The van der Waals surface area contributed by atoms with Gasteiger partial charge in [-0.15, -0.1) is 0 Å². The molecule has 112 valence electrons. The lowest BCUT2D eigenvalue weighted by Gasteiger charge is -2.26. The number of benzene rings is 2. The molecular formula is C18H21F2N. The third-order valence-electron chi connectivity index (χ3n) is 3.72. The largest absolute Gasteiger partial charge is 0.320 e. The predicted molar refractivity (Wildman–Crippen MR) is 82.3 cm³/mol. The molecule has 3 heteroatoms. The predicted octanol–water partition coefficient (Wildman–Crippen LogP) is 4.62. The van der Waals surface area contributed by atoms with Gasteiger partial charge in [-0.05, 0) is 41.2 Å². The number of nitrogens with two attached hydrogens (primary N) is 1. The molecule has 1 unspecified atom stereocenters. The molecule has 1 nitrogen and oxygen atoms in total. The standard InChI is InChI=1S/C18H21F2N/c1-11-9-16(20)13(10-15(11)19)17(21)12-7-5-6-8-14(12)18(2,3)4/h5-10,17H,21H2,1-4H3. The highest BCUT2D eigenvalue weighted by Gasteiger charge is 2.23. The van der Waals surface area contributed by atoms with E-state index in [2.05, 4.69) is 20.8 Å². The first-order valence-electron chi connectivity index (χ1n) is 7.02. The molecule has 0 aliphatic carbocycles. The molecule has 0 amide bonds. The lowest BCUT2D eigenvalue weighted by atomic mass is 9.80. The van der Waals surface area contributed by atoms with E-state index < -0.39 is 17.7 Å². The van der Waals surface area contributed by atoms with E-state index in [4.69, 9.17) is 5.73 Å². The molecule has 0 heterocycles. The van der Waals surface area contributed by atoms with Crippen LogP contribution in [0.1, 0.15) is 49.1 Å². The van der Waals surface area contributed by atoms with Crippen molar-refractivity contribution in [3.05, 3.63) is 70.3 Å². The summed E-state index contributed by atoms with van der Waals surface area (Å²) in [6, 6.07) is 9.38. The van der Waals surface area contributed by atoms with E-state index in [0.29, 0.717) is 0 Å². The number of aryl methyl sites for hydroxylation is 1. The van der Waals surface area contributed by atoms with Crippen molar-refractivity contribution < 1.29 is 8.78 Å². The van der Waals surface area contributed by atoms with Crippen LogP contribution in [0.3, 0.4) is 0 Å². The fourth-order valence-corrected chi connectivity index (χ4v) is 2.52. The summed E-state index contributed by atoms with van der Waals surface area (Å²) in [6.45, 7) is 7.76. The highest BCUT2D eigenvalue weighted by atomic mass is 19.1. The van der Waals surface area contributed by atoms with Gasteiger partial charge in [-0.2, -0.15) is 0 Å². The van der Waals surface area contributed by atoms with Crippen molar-refractivity contribution in [3.8, 4) is 0 Å². The van der Waals surface area contributed by atoms with Crippen molar-refractivity contribution in [2.45, 2.75) is 39.2 Å². The zero-order chi connectivity index (χ0) is 15.8. The van der Waals surface area contributed by atoms with Crippen molar-refractivity contribution in [1.29, 1.82) is 0 Å². The van der Waals surface area contributed by atoms with Crippen molar-refractivity contribution in [3.63, 3.8) is 0 Å². The Labute approximate surface area is 124 Å². The van der Waals surface area contributed by atoms with Crippen LogP contribution in [0.15, 0.2) is 36.4 Å². The maximum absolute atomic E-state index is 14.1. The lowest BCUT2D eigenvalue weighted by molar-refractivity contribution is 0.557. The molecule has 0 saturated heterocycles. The minimum absolute atomic E-state index is 0.117. The highest BCUT2D eigenvalue weighted by molar-refractivity contribution is 5.41. The molecule has 2 N–H and O–H groups in total. The van der Waals surface area contributed by atoms with Crippen LogP contribution in [-0.2, 0) is 5.41 Å². The first-order chi connectivity index (χ1) is 9.71. The van der Waals surface area contributed by atoms with Crippen LogP contribution in [0.5, 0.6) is 0 Å². The second kappa shape index (κ2) is 5.57. The Bertz CT molecular complexity index is 657. The van der Waals surface area contributed by atoms with Crippen LogP contribution >= 0.6 is 0 Å². The molecule has 0 fully saturated rings. The van der Waals surface area contributed by atoms with E-state index in [-0.39, 0.29) is 16.5 Å². The third kappa shape index (κ3) is 3.13. The van der Waals surface area contributed by atoms with Crippen LogP contribution in [0.25, 0.3) is 0 Å². The minimum Gasteiger partial charge on any atom is -0.320 e. The normalized spacial score (nSPS) is 13.3. The monoisotopic (exact) mass is 289 g/mol. The van der Waals surface area contributed by atoms with Gasteiger partial charge < -0.3 is 5.73 Å². The Morgan fingerprint density at radius 3 is 2.19 bits per heavy atom. The summed E-state index contributed by atoms with van der Waals surface area (Å²) in [7, 11) is 0. The molecule has 0 aliphatic rings. The average molecular weight is 289 g/mol. The van der Waals surface area contributed by atoms with Crippen LogP contribution < -0.4 is 5.73 Å². The topological polar surface area (TPSA) is 26.0 Å². The molecule has 2 aromatic carbocycles. The Morgan fingerprint density at radius 1 is 0.952 bits per heavy atom. The first-order valence-corrected chi connectivity index (χ1v) is 7.02. The van der Waals surface area contributed by atoms with Gasteiger partial charge in [0, 0.05) is 5.56 Å². The molecule has 2 rings (SSSR count). The third-order valence-corrected chi connectivity index (χ3v) is 3.72. The Balaban J connectivity index is 2.56. The van der Waals surface area contributed by atoms with Gasteiger partial charge in [0.25, 0.3) is 0 Å². The smallest absolute Gasteiger partial charge is 0.128 e. The van der Waals surface area contributed by atoms with Crippen molar-refractivity contribution in [2.75, 3.05) is 0 Å². The summed E-state index contributed by atoms with van der Waals surface area (Å²) in [6.07, 6.45) is 0. The van der Waals surface area contributed by atoms with Crippen LogP contribution in [0.4, 0.5) is 8.78 Å².